The van der Waals surface area contributed by atoms with Crippen molar-refractivity contribution in [1.82, 2.24) is 4.90 Å². The zero-order chi connectivity index (χ0) is 14.9. The molecule has 1 atom stereocenters. The number of benzene rings is 1. The first-order valence-electron chi connectivity index (χ1n) is 6.29. The van der Waals surface area contributed by atoms with Crippen molar-refractivity contribution < 1.29 is 23.8 Å². The summed E-state index contributed by atoms with van der Waals surface area (Å²) >= 11 is 0. The van der Waals surface area contributed by atoms with Crippen LogP contribution in [0.2, 0.25) is 0 Å². The summed E-state index contributed by atoms with van der Waals surface area (Å²) in [5.74, 6) is -2.18. The van der Waals surface area contributed by atoms with Gasteiger partial charge in [-0.15, -0.1) is 0 Å². The average molecular weight is 281 g/mol. The summed E-state index contributed by atoms with van der Waals surface area (Å²) in [5, 5.41) is 8.89. The molecule has 0 aliphatic carbocycles. The van der Waals surface area contributed by atoms with Gasteiger partial charge in [-0.1, -0.05) is 6.92 Å². The van der Waals surface area contributed by atoms with E-state index in [-0.39, 0.29) is 23.1 Å². The number of hydrogen-bond acceptors (Lipinski definition) is 3. The van der Waals surface area contributed by atoms with Gasteiger partial charge in [-0.2, -0.15) is 0 Å². The largest absolute Gasteiger partial charge is 0.494 e. The second-order valence-corrected chi connectivity index (χ2v) is 4.95. The Labute approximate surface area is 116 Å². The van der Waals surface area contributed by atoms with Gasteiger partial charge in [0.25, 0.3) is 5.91 Å². The molecular weight excluding hydrogens is 265 g/mol. The molecule has 1 aliphatic rings. The number of methoxy groups -OCH3 is 1. The Bertz CT molecular complexity index is 540. The maximum atomic E-state index is 13.5. The van der Waals surface area contributed by atoms with Gasteiger partial charge in [0, 0.05) is 24.6 Å². The summed E-state index contributed by atoms with van der Waals surface area (Å²) in [6, 6.07) is 4.03. The molecule has 0 bridgehead atoms. The van der Waals surface area contributed by atoms with Gasteiger partial charge in [0.2, 0.25) is 0 Å². The molecule has 1 aliphatic heterocycles. The van der Waals surface area contributed by atoms with Gasteiger partial charge in [-0.3, -0.25) is 9.59 Å². The third kappa shape index (κ3) is 2.59. The molecule has 108 valence electrons. The Morgan fingerprint density at radius 3 is 2.60 bits per heavy atom. The van der Waals surface area contributed by atoms with Crippen LogP contribution in [0.3, 0.4) is 0 Å². The Balaban J connectivity index is 2.00. The van der Waals surface area contributed by atoms with E-state index in [2.05, 4.69) is 0 Å². The third-order valence-corrected chi connectivity index (χ3v) is 3.69. The van der Waals surface area contributed by atoms with Crippen LogP contribution in [0.4, 0.5) is 4.39 Å². The number of carboxylic acid groups (broad SMARTS) is 1. The van der Waals surface area contributed by atoms with Crippen LogP contribution in [-0.4, -0.2) is 42.1 Å². The molecule has 1 fully saturated rings. The molecule has 0 radical (unpaired) electrons. The quantitative estimate of drug-likeness (QED) is 0.910. The number of carboxylic acids is 1. The van der Waals surface area contributed by atoms with Gasteiger partial charge in [-0.05, 0) is 18.2 Å². The number of hydrogen-bond donors (Lipinski definition) is 1. The minimum absolute atomic E-state index is 0.0421. The molecule has 1 aromatic rings. The molecule has 5 nitrogen and oxygen atoms in total. The maximum Gasteiger partial charge on any atom is 0.306 e. The molecule has 1 aromatic carbocycles. The summed E-state index contributed by atoms with van der Waals surface area (Å²) < 4.78 is 18.3. The smallest absolute Gasteiger partial charge is 0.306 e. The van der Waals surface area contributed by atoms with Gasteiger partial charge in [0.05, 0.1) is 13.0 Å². The maximum absolute atomic E-state index is 13.5. The van der Waals surface area contributed by atoms with E-state index in [4.69, 9.17) is 9.84 Å². The van der Waals surface area contributed by atoms with Crippen LogP contribution in [0.15, 0.2) is 18.2 Å². The third-order valence-electron chi connectivity index (χ3n) is 3.69. The normalized spacial score (nSPS) is 16.4. The lowest BCUT2D eigenvalue weighted by atomic mass is 9.86. The zero-order valence-corrected chi connectivity index (χ0v) is 11.3. The summed E-state index contributed by atoms with van der Waals surface area (Å²) in [4.78, 5) is 24.4. The predicted molar refractivity (Wildman–Crippen MR) is 69.1 cm³/mol. The number of likely N-dealkylation sites (tertiary alicyclic amines) is 1. The first-order valence-corrected chi connectivity index (χ1v) is 6.29. The minimum Gasteiger partial charge on any atom is -0.494 e. The summed E-state index contributed by atoms with van der Waals surface area (Å²) in [6.45, 7) is 2.40. The fraction of sp³-hybridized carbons (Fsp3) is 0.429. The molecular formula is C14H16FNO4. The second-order valence-electron chi connectivity index (χ2n) is 4.95. The van der Waals surface area contributed by atoms with Crippen molar-refractivity contribution in [3.8, 4) is 5.75 Å². The number of rotatable bonds is 4. The van der Waals surface area contributed by atoms with Gasteiger partial charge in [0.1, 0.15) is 0 Å². The monoisotopic (exact) mass is 281 g/mol. The number of halogens is 1. The Hall–Kier alpha value is -2.11. The lowest BCUT2D eigenvalue weighted by molar-refractivity contribution is -0.144. The topological polar surface area (TPSA) is 66.8 Å². The van der Waals surface area contributed by atoms with Crippen LogP contribution >= 0.6 is 0 Å². The Morgan fingerprint density at radius 2 is 2.10 bits per heavy atom. The fourth-order valence-corrected chi connectivity index (χ4v) is 2.18. The molecule has 0 spiro atoms. The molecule has 1 heterocycles. The van der Waals surface area contributed by atoms with Crippen molar-refractivity contribution in [3.63, 3.8) is 0 Å². The highest BCUT2D eigenvalue weighted by Gasteiger charge is 2.37. The molecule has 1 unspecified atom stereocenters. The van der Waals surface area contributed by atoms with E-state index in [1.54, 1.807) is 6.92 Å². The van der Waals surface area contributed by atoms with Crippen molar-refractivity contribution in [1.29, 1.82) is 0 Å². The van der Waals surface area contributed by atoms with E-state index < -0.39 is 17.7 Å². The van der Waals surface area contributed by atoms with E-state index in [1.807, 2.05) is 0 Å². The van der Waals surface area contributed by atoms with Crippen LogP contribution in [0.1, 0.15) is 17.3 Å². The predicted octanol–water partition coefficient (Wildman–Crippen LogP) is 1.63. The van der Waals surface area contributed by atoms with Crippen molar-refractivity contribution >= 4 is 11.9 Å². The second kappa shape index (κ2) is 5.48. The summed E-state index contributed by atoms with van der Waals surface area (Å²) in [7, 11) is 1.35. The fourth-order valence-electron chi connectivity index (χ4n) is 2.18. The van der Waals surface area contributed by atoms with Gasteiger partial charge < -0.3 is 14.7 Å². The zero-order valence-electron chi connectivity index (χ0n) is 11.3. The molecule has 1 saturated heterocycles. The molecule has 1 N–H and O–H groups in total. The number of aliphatic carboxylic acids is 1. The number of carbonyl (C=O) groups excluding carboxylic acids is 1. The van der Waals surface area contributed by atoms with E-state index in [0.29, 0.717) is 13.1 Å². The molecule has 20 heavy (non-hydrogen) atoms. The van der Waals surface area contributed by atoms with Crippen molar-refractivity contribution in [3.05, 3.63) is 29.6 Å². The van der Waals surface area contributed by atoms with E-state index in [9.17, 15) is 14.0 Å². The highest BCUT2D eigenvalue weighted by molar-refractivity contribution is 5.95. The van der Waals surface area contributed by atoms with E-state index in [1.165, 1.54) is 24.1 Å². The molecule has 1 amide bonds. The number of ether oxygens (including phenoxy) is 1. The van der Waals surface area contributed by atoms with Crippen LogP contribution < -0.4 is 4.74 Å². The number of nitrogens with zero attached hydrogens (tertiary/aromatic N) is 1. The first kappa shape index (κ1) is 14.3. The Kier molecular flexibility index (Phi) is 3.92. The minimum atomic E-state index is -0.863. The summed E-state index contributed by atoms with van der Waals surface area (Å²) in [6.07, 6.45) is 0. The lowest BCUT2D eigenvalue weighted by Gasteiger charge is -2.41. The van der Waals surface area contributed by atoms with Gasteiger partial charge in [-0.25, -0.2) is 4.39 Å². The summed E-state index contributed by atoms with van der Waals surface area (Å²) in [5.41, 5.74) is 0.240. The van der Waals surface area contributed by atoms with Gasteiger partial charge in [0.15, 0.2) is 11.6 Å². The highest BCUT2D eigenvalue weighted by atomic mass is 19.1. The molecule has 0 saturated carbocycles. The average Bonchev–Trinajstić information content (AvgIpc) is 2.36. The van der Waals surface area contributed by atoms with E-state index in [0.717, 1.165) is 6.07 Å². The number of amides is 1. The van der Waals surface area contributed by atoms with Crippen LogP contribution in [0.5, 0.6) is 5.75 Å². The van der Waals surface area contributed by atoms with Crippen molar-refractivity contribution in [2.24, 2.45) is 11.8 Å². The lowest BCUT2D eigenvalue weighted by Crippen LogP contribution is -2.53. The highest BCUT2D eigenvalue weighted by Crippen LogP contribution is 2.26. The number of carbonyl (C=O) groups is 2. The van der Waals surface area contributed by atoms with Crippen LogP contribution in [0, 0.1) is 17.7 Å². The van der Waals surface area contributed by atoms with Crippen LogP contribution in [0.25, 0.3) is 0 Å². The molecule has 6 heteroatoms. The van der Waals surface area contributed by atoms with Gasteiger partial charge >= 0.3 is 5.97 Å². The molecule has 2 rings (SSSR count). The van der Waals surface area contributed by atoms with Crippen molar-refractivity contribution in [2.45, 2.75) is 6.92 Å². The Morgan fingerprint density at radius 1 is 1.45 bits per heavy atom. The van der Waals surface area contributed by atoms with Crippen LogP contribution in [-0.2, 0) is 4.79 Å². The van der Waals surface area contributed by atoms with E-state index >= 15 is 0 Å². The first-order chi connectivity index (χ1) is 9.43. The van der Waals surface area contributed by atoms with Crippen molar-refractivity contribution in [2.75, 3.05) is 20.2 Å². The standard InChI is InChI=1S/C14H16FNO4/c1-8(14(18)19)10-6-16(7-10)13(17)9-3-4-12(20-2)11(15)5-9/h3-5,8,10H,6-7H2,1-2H3,(H,18,19). The SMILES string of the molecule is COc1ccc(C(=O)N2CC(C(C)C(=O)O)C2)cc1F. The molecule has 0 aromatic heterocycles.